The van der Waals surface area contributed by atoms with Gasteiger partial charge in [-0.05, 0) is 18.3 Å². The molecule has 0 amide bonds. The highest BCUT2D eigenvalue weighted by Gasteiger charge is 2.21. The quantitative estimate of drug-likeness (QED) is 0.302. The molecule has 0 unspecified atom stereocenters. The number of carbonyl (C=O) groups excluding carboxylic acids is 1. The van der Waals surface area contributed by atoms with E-state index >= 15 is 0 Å². The maximum atomic E-state index is 11.8. The van der Waals surface area contributed by atoms with Crippen molar-refractivity contribution in [2.75, 3.05) is 0 Å². The molecule has 0 aromatic heterocycles. The molecule has 0 N–H and O–H groups in total. The molecule has 126 valence electrons. The monoisotopic (exact) mass is 298 g/mol. The van der Waals surface area contributed by atoms with E-state index in [4.69, 9.17) is 4.74 Å². The van der Waals surface area contributed by atoms with Gasteiger partial charge in [0, 0.05) is 6.42 Å². The van der Waals surface area contributed by atoms with Crippen LogP contribution in [0.4, 0.5) is 0 Å². The fraction of sp³-hybridized carbons (Fsp3) is 0.947. The van der Waals surface area contributed by atoms with Gasteiger partial charge in [0.05, 0.1) is 0 Å². The molecule has 0 aliphatic heterocycles. The largest absolute Gasteiger partial charge is 0.462 e. The van der Waals surface area contributed by atoms with Crippen LogP contribution in [0.1, 0.15) is 98.8 Å². The lowest BCUT2D eigenvalue weighted by Crippen LogP contribution is -2.28. The Kier molecular flexibility index (Phi) is 12.8. The first-order chi connectivity index (χ1) is 9.99. The maximum Gasteiger partial charge on any atom is 0.306 e. The summed E-state index contributed by atoms with van der Waals surface area (Å²) < 4.78 is 5.61. The summed E-state index contributed by atoms with van der Waals surface area (Å²) in [4.78, 5) is 11.8. The molecule has 0 aromatic rings. The average molecular weight is 299 g/mol. The van der Waals surface area contributed by atoms with Crippen LogP contribution in [-0.2, 0) is 9.53 Å². The molecular weight excluding hydrogens is 260 g/mol. The minimum absolute atomic E-state index is 0.00894. The summed E-state index contributed by atoms with van der Waals surface area (Å²) in [5.74, 6) is 0.791. The van der Waals surface area contributed by atoms with Gasteiger partial charge in [-0.15, -0.1) is 0 Å². The maximum absolute atomic E-state index is 11.8. The predicted molar refractivity (Wildman–Crippen MR) is 91.4 cm³/mol. The third kappa shape index (κ3) is 11.8. The Morgan fingerprint density at radius 3 is 1.62 bits per heavy atom. The van der Waals surface area contributed by atoms with Crippen molar-refractivity contribution in [2.24, 2.45) is 11.8 Å². The predicted octanol–water partition coefficient (Wildman–Crippen LogP) is 6.13. The van der Waals surface area contributed by atoms with Gasteiger partial charge in [-0.3, -0.25) is 4.79 Å². The zero-order valence-corrected chi connectivity index (χ0v) is 15.1. The van der Waals surface area contributed by atoms with Gasteiger partial charge in [0.15, 0.2) is 0 Å². The van der Waals surface area contributed by atoms with Crippen LogP contribution in [0.2, 0.25) is 0 Å². The van der Waals surface area contributed by atoms with Crippen LogP contribution >= 0.6 is 0 Å². The van der Waals surface area contributed by atoms with Crippen LogP contribution in [0.3, 0.4) is 0 Å². The zero-order valence-electron chi connectivity index (χ0n) is 15.1. The standard InChI is InChI=1S/C19H38O2/c1-6-7-8-9-10-11-12-13-14-15-18(20)21-19(16(2)3)17(4)5/h16-17,19H,6-15H2,1-5H3. The van der Waals surface area contributed by atoms with Crippen molar-refractivity contribution in [3.05, 3.63) is 0 Å². The minimum Gasteiger partial charge on any atom is -0.462 e. The van der Waals surface area contributed by atoms with Crippen LogP contribution < -0.4 is 0 Å². The number of carbonyl (C=O) groups is 1. The van der Waals surface area contributed by atoms with Crippen LogP contribution in [0.5, 0.6) is 0 Å². The molecule has 0 atom stereocenters. The Labute approximate surface area is 133 Å². The Hall–Kier alpha value is -0.530. The van der Waals surface area contributed by atoms with Crippen molar-refractivity contribution in [3.63, 3.8) is 0 Å². The highest BCUT2D eigenvalue weighted by atomic mass is 16.5. The highest BCUT2D eigenvalue weighted by Crippen LogP contribution is 2.18. The first-order valence-corrected chi connectivity index (χ1v) is 9.18. The SMILES string of the molecule is CCCCCCCCCCCC(=O)OC(C(C)C)C(C)C. The summed E-state index contributed by atoms with van der Waals surface area (Å²) in [6.07, 6.45) is 12.2. The lowest BCUT2D eigenvalue weighted by atomic mass is 9.96. The lowest BCUT2D eigenvalue weighted by Gasteiger charge is -2.24. The lowest BCUT2D eigenvalue weighted by molar-refractivity contribution is -0.154. The third-order valence-corrected chi connectivity index (χ3v) is 4.07. The van der Waals surface area contributed by atoms with E-state index in [0.717, 1.165) is 12.8 Å². The van der Waals surface area contributed by atoms with E-state index in [1.807, 2.05) is 0 Å². The molecule has 0 spiro atoms. The number of unbranched alkanes of at least 4 members (excludes halogenated alkanes) is 8. The third-order valence-electron chi connectivity index (χ3n) is 4.07. The van der Waals surface area contributed by atoms with Crippen molar-refractivity contribution in [1.82, 2.24) is 0 Å². The van der Waals surface area contributed by atoms with E-state index in [0.29, 0.717) is 18.3 Å². The molecule has 0 heterocycles. The highest BCUT2D eigenvalue weighted by molar-refractivity contribution is 5.69. The van der Waals surface area contributed by atoms with Crippen molar-refractivity contribution in [3.8, 4) is 0 Å². The van der Waals surface area contributed by atoms with Gasteiger partial charge >= 0.3 is 5.97 Å². The van der Waals surface area contributed by atoms with Gasteiger partial charge in [0.25, 0.3) is 0 Å². The molecule has 0 bridgehead atoms. The number of ether oxygens (including phenoxy) is 1. The smallest absolute Gasteiger partial charge is 0.306 e. The first-order valence-electron chi connectivity index (χ1n) is 9.18. The molecule has 0 radical (unpaired) electrons. The molecule has 0 aromatic carbocycles. The van der Waals surface area contributed by atoms with Crippen molar-refractivity contribution >= 4 is 5.97 Å². The second-order valence-corrected chi connectivity index (χ2v) is 7.02. The van der Waals surface area contributed by atoms with E-state index in [-0.39, 0.29) is 12.1 Å². The second kappa shape index (κ2) is 13.2. The minimum atomic E-state index is -0.00894. The Bertz CT molecular complexity index is 238. The Morgan fingerprint density at radius 2 is 1.19 bits per heavy atom. The summed E-state index contributed by atoms with van der Waals surface area (Å²) in [5, 5.41) is 0. The van der Waals surface area contributed by atoms with Gasteiger partial charge in [-0.25, -0.2) is 0 Å². The van der Waals surface area contributed by atoms with E-state index < -0.39 is 0 Å². The van der Waals surface area contributed by atoms with Gasteiger partial charge in [0.1, 0.15) is 6.10 Å². The number of esters is 1. The fourth-order valence-electron chi connectivity index (χ4n) is 2.83. The van der Waals surface area contributed by atoms with E-state index in [2.05, 4.69) is 34.6 Å². The van der Waals surface area contributed by atoms with E-state index in [1.165, 1.54) is 44.9 Å². The molecule has 0 aliphatic rings. The van der Waals surface area contributed by atoms with E-state index in [9.17, 15) is 4.79 Å². The van der Waals surface area contributed by atoms with Crippen molar-refractivity contribution in [1.29, 1.82) is 0 Å². The Balaban J connectivity index is 3.53. The fourth-order valence-corrected chi connectivity index (χ4v) is 2.83. The van der Waals surface area contributed by atoms with Crippen LogP contribution in [0.25, 0.3) is 0 Å². The van der Waals surface area contributed by atoms with Gasteiger partial charge < -0.3 is 4.74 Å². The van der Waals surface area contributed by atoms with Gasteiger partial charge in [0.2, 0.25) is 0 Å². The van der Waals surface area contributed by atoms with Crippen molar-refractivity contribution < 1.29 is 9.53 Å². The zero-order chi connectivity index (χ0) is 16.1. The topological polar surface area (TPSA) is 26.3 Å². The number of hydrogen-bond acceptors (Lipinski definition) is 2. The average Bonchev–Trinajstić information content (AvgIpc) is 2.42. The molecule has 0 rings (SSSR count). The molecular formula is C19H38O2. The van der Waals surface area contributed by atoms with Crippen LogP contribution in [0.15, 0.2) is 0 Å². The summed E-state index contributed by atoms with van der Waals surface area (Å²) >= 11 is 0. The molecule has 21 heavy (non-hydrogen) atoms. The first kappa shape index (κ1) is 20.5. The summed E-state index contributed by atoms with van der Waals surface area (Å²) in [7, 11) is 0. The second-order valence-electron chi connectivity index (χ2n) is 7.02. The van der Waals surface area contributed by atoms with Gasteiger partial charge in [-0.1, -0.05) is 86.0 Å². The van der Waals surface area contributed by atoms with Crippen LogP contribution in [0, 0.1) is 11.8 Å². The molecule has 0 saturated heterocycles. The van der Waals surface area contributed by atoms with Crippen LogP contribution in [-0.4, -0.2) is 12.1 Å². The summed E-state index contributed by atoms with van der Waals surface area (Å²) in [6.45, 7) is 10.7. The molecule has 0 aliphatic carbocycles. The summed E-state index contributed by atoms with van der Waals surface area (Å²) in [6, 6.07) is 0. The molecule has 2 nitrogen and oxygen atoms in total. The van der Waals surface area contributed by atoms with Crippen molar-refractivity contribution in [2.45, 2.75) is 105 Å². The normalized spacial score (nSPS) is 11.6. The molecule has 0 saturated carbocycles. The summed E-state index contributed by atoms with van der Waals surface area (Å²) in [5.41, 5.74) is 0. The molecule has 0 fully saturated rings. The molecule has 2 heteroatoms. The Morgan fingerprint density at radius 1 is 0.762 bits per heavy atom. The number of rotatable bonds is 13. The number of hydrogen-bond donors (Lipinski definition) is 0. The van der Waals surface area contributed by atoms with Gasteiger partial charge in [-0.2, -0.15) is 0 Å². The van der Waals surface area contributed by atoms with E-state index in [1.54, 1.807) is 0 Å².